The van der Waals surface area contributed by atoms with Crippen molar-refractivity contribution < 1.29 is 23.7 Å². The number of benzene rings is 2. The Kier molecular flexibility index (Phi) is 7.87. The molecular formula is C18H22Cl2N2O5. The predicted octanol–water partition coefficient (Wildman–Crippen LogP) is 3.66. The number of nitrogen functional groups attached to an aromatic ring is 1. The van der Waals surface area contributed by atoms with Crippen molar-refractivity contribution in [2.45, 2.75) is 0 Å². The van der Waals surface area contributed by atoms with Gasteiger partial charge in [0.15, 0.2) is 11.5 Å². The Morgan fingerprint density at radius 3 is 1.89 bits per heavy atom. The van der Waals surface area contributed by atoms with Gasteiger partial charge in [0, 0.05) is 25.2 Å². The van der Waals surface area contributed by atoms with Crippen molar-refractivity contribution in [1.29, 1.82) is 0 Å². The Labute approximate surface area is 169 Å². The molecule has 0 aromatic heterocycles. The number of halogens is 2. The van der Waals surface area contributed by atoms with Gasteiger partial charge >= 0.3 is 0 Å². The zero-order valence-electron chi connectivity index (χ0n) is 15.7. The second-order valence-electron chi connectivity index (χ2n) is 5.32. The lowest BCUT2D eigenvalue weighted by molar-refractivity contribution is 0.0990. The molecule has 0 saturated carbocycles. The first kappa shape index (κ1) is 22.5. The van der Waals surface area contributed by atoms with E-state index >= 15 is 0 Å². The molecule has 0 aliphatic carbocycles. The fourth-order valence-corrected chi connectivity index (χ4v) is 2.63. The average Bonchev–Trinajstić information content (AvgIpc) is 2.67. The third kappa shape index (κ3) is 4.43. The number of nitrogens with zero attached hydrogens (tertiary/aromatic N) is 1. The quantitative estimate of drug-likeness (QED) is 0.723. The minimum atomic E-state index is -0.335. The topological polar surface area (TPSA) is 83.3 Å². The van der Waals surface area contributed by atoms with Crippen LogP contribution in [0.15, 0.2) is 24.3 Å². The molecule has 0 aliphatic heterocycles. The summed E-state index contributed by atoms with van der Waals surface area (Å²) >= 11 is 6.06. The summed E-state index contributed by atoms with van der Waals surface area (Å²) in [5.74, 6) is 1.30. The molecule has 2 aromatic carbocycles. The molecular weight excluding hydrogens is 395 g/mol. The van der Waals surface area contributed by atoms with Crippen molar-refractivity contribution >= 4 is 41.3 Å². The maximum absolute atomic E-state index is 13.0. The van der Waals surface area contributed by atoms with Crippen LogP contribution in [-0.4, -0.2) is 41.4 Å². The standard InChI is InChI=1S/C18H21ClN2O5.ClH/c1-21(10-6-15(24-3)17(26-5)16(7-10)25-4)18(22)11-8-12(19)13(20)9-14(11)23-2;/h6-9H,20H2,1-5H3;1H. The minimum Gasteiger partial charge on any atom is -0.496 e. The molecule has 0 spiro atoms. The number of amides is 1. The monoisotopic (exact) mass is 416 g/mol. The smallest absolute Gasteiger partial charge is 0.261 e. The largest absolute Gasteiger partial charge is 0.496 e. The van der Waals surface area contributed by atoms with Gasteiger partial charge in [0.2, 0.25) is 5.75 Å². The molecule has 0 bridgehead atoms. The molecule has 0 aliphatic rings. The van der Waals surface area contributed by atoms with E-state index in [4.69, 9.17) is 36.3 Å². The van der Waals surface area contributed by atoms with Gasteiger partial charge in [-0.3, -0.25) is 4.79 Å². The van der Waals surface area contributed by atoms with Crippen molar-refractivity contribution in [3.05, 3.63) is 34.9 Å². The van der Waals surface area contributed by atoms with E-state index in [-0.39, 0.29) is 28.9 Å². The molecule has 148 valence electrons. The SMILES string of the molecule is COc1cc(N)c(Cl)cc1C(=O)N(C)c1cc(OC)c(OC)c(OC)c1.Cl. The molecule has 0 atom stereocenters. The number of hydrogen-bond donors (Lipinski definition) is 1. The summed E-state index contributed by atoms with van der Waals surface area (Å²) in [7, 11) is 7.60. The highest BCUT2D eigenvalue weighted by molar-refractivity contribution is 6.33. The molecule has 0 saturated heterocycles. The van der Waals surface area contributed by atoms with E-state index in [0.717, 1.165) is 0 Å². The van der Waals surface area contributed by atoms with Crippen LogP contribution in [0.1, 0.15) is 10.4 Å². The van der Waals surface area contributed by atoms with E-state index in [1.807, 2.05) is 0 Å². The third-order valence-electron chi connectivity index (χ3n) is 3.89. The number of rotatable bonds is 6. The maximum Gasteiger partial charge on any atom is 0.261 e. The van der Waals surface area contributed by atoms with Crippen LogP contribution in [0.3, 0.4) is 0 Å². The van der Waals surface area contributed by atoms with Gasteiger partial charge in [0.05, 0.1) is 50.4 Å². The van der Waals surface area contributed by atoms with Gasteiger partial charge in [-0.25, -0.2) is 0 Å². The molecule has 2 rings (SSSR count). The second-order valence-corrected chi connectivity index (χ2v) is 5.73. The molecule has 2 aromatic rings. The lowest BCUT2D eigenvalue weighted by Crippen LogP contribution is -2.27. The van der Waals surface area contributed by atoms with Gasteiger partial charge in [0.25, 0.3) is 5.91 Å². The summed E-state index contributed by atoms with van der Waals surface area (Å²) < 4.78 is 21.2. The molecule has 2 N–H and O–H groups in total. The van der Waals surface area contributed by atoms with Crippen molar-refractivity contribution in [3.8, 4) is 23.0 Å². The Bertz CT molecular complexity index is 805. The number of methoxy groups -OCH3 is 4. The molecule has 7 nitrogen and oxygen atoms in total. The van der Waals surface area contributed by atoms with Crippen LogP contribution in [0.25, 0.3) is 0 Å². The first-order chi connectivity index (χ1) is 12.4. The van der Waals surface area contributed by atoms with Crippen LogP contribution >= 0.6 is 24.0 Å². The second kappa shape index (κ2) is 9.43. The van der Waals surface area contributed by atoms with Gasteiger partial charge in [-0.05, 0) is 6.07 Å². The van der Waals surface area contributed by atoms with Crippen LogP contribution in [0, 0.1) is 0 Å². The minimum absolute atomic E-state index is 0. The fraction of sp³-hybridized carbons (Fsp3) is 0.278. The predicted molar refractivity (Wildman–Crippen MR) is 108 cm³/mol. The van der Waals surface area contributed by atoms with Crippen LogP contribution in [0.5, 0.6) is 23.0 Å². The summed E-state index contributed by atoms with van der Waals surface area (Å²) in [6.07, 6.45) is 0. The molecule has 0 radical (unpaired) electrons. The first-order valence-corrected chi connectivity index (χ1v) is 7.96. The lowest BCUT2D eigenvalue weighted by Gasteiger charge is -2.22. The lowest BCUT2D eigenvalue weighted by atomic mass is 10.1. The van der Waals surface area contributed by atoms with E-state index in [1.54, 1.807) is 19.2 Å². The Morgan fingerprint density at radius 2 is 1.44 bits per heavy atom. The first-order valence-electron chi connectivity index (χ1n) is 7.59. The molecule has 27 heavy (non-hydrogen) atoms. The normalized spacial score (nSPS) is 9.85. The van der Waals surface area contributed by atoms with E-state index < -0.39 is 0 Å². The van der Waals surface area contributed by atoms with Crippen LogP contribution in [-0.2, 0) is 0 Å². The summed E-state index contributed by atoms with van der Waals surface area (Å²) in [6, 6.07) is 6.33. The Hall–Kier alpha value is -2.51. The number of anilines is 2. The van der Waals surface area contributed by atoms with Gasteiger partial charge in [0.1, 0.15) is 5.75 Å². The molecule has 1 amide bonds. The summed E-state index contributed by atoms with van der Waals surface area (Å²) in [6.45, 7) is 0. The van der Waals surface area contributed by atoms with E-state index in [1.165, 1.54) is 45.5 Å². The van der Waals surface area contributed by atoms with Gasteiger partial charge in [-0.2, -0.15) is 0 Å². The highest BCUT2D eigenvalue weighted by atomic mass is 35.5. The molecule has 0 fully saturated rings. The summed E-state index contributed by atoms with van der Waals surface area (Å²) in [5.41, 5.74) is 6.93. The van der Waals surface area contributed by atoms with Crippen molar-refractivity contribution in [2.75, 3.05) is 46.1 Å². The maximum atomic E-state index is 13.0. The van der Waals surface area contributed by atoms with Gasteiger partial charge in [-0.15, -0.1) is 12.4 Å². The van der Waals surface area contributed by atoms with Crippen molar-refractivity contribution in [1.82, 2.24) is 0 Å². The third-order valence-corrected chi connectivity index (χ3v) is 4.22. The van der Waals surface area contributed by atoms with Crippen LogP contribution < -0.4 is 29.6 Å². The van der Waals surface area contributed by atoms with Crippen molar-refractivity contribution in [2.24, 2.45) is 0 Å². The van der Waals surface area contributed by atoms with Gasteiger partial charge in [-0.1, -0.05) is 11.6 Å². The number of hydrogen-bond acceptors (Lipinski definition) is 6. The van der Waals surface area contributed by atoms with Crippen LogP contribution in [0.2, 0.25) is 5.02 Å². The summed E-state index contributed by atoms with van der Waals surface area (Å²) in [5, 5.41) is 0.271. The summed E-state index contributed by atoms with van der Waals surface area (Å²) in [4.78, 5) is 14.4. The Balaban J connectivity index is 0.00000364. The number of nitrogens with two attached hydrogens (primary N) is 1. The van der Waals surface area contributed by atoms with Gasteiger partial charge < -0.3 is 29.6 Å². The van der Waals surface area contributed by atoms with E-state index in [2.05, 4.69) is 0 Å². The fourth-order valence-electron chi connectivity index (χ4n) is 2.46. The zero-order valence-corrected chi connectivity index (χ0v) is 17.2. The number of ether oxygens (including phenoxy) is 4. The van der Waals surface area contributed by atoms with E-state index in [9.17, 15) is 4.79 Å². The van der Waals surface area contributed by atoms with Crippen molar-refractivity contribution in [3.63, 3.8) is 0 Å². The molecule has 0 unspecified atom stereocenters. The highest BCUT2D eigenvalue weighted by Crippen LogP contribution is 2.41. The highest BCUT2D eigenvalue weighted by Gasteiger charge is 2.22. The zero-order chi connectivity index (χ0) is 19.4. The average molecular weight is 417 g/mol. The number of carbonyl (C=O) groups is 1. The van der Waals surface area contributed by atoms with E-state index in [0.29, 0.717) is 34.4 Å². The Morgan fingerprint density at radius 1 is 0.926 bits per heavy atom. The van der Waals surface area contributed by atoms with Crippen LogP contribution in [0.4, 0.5) is 11.4 Å². The molecule has 9 heteroatoms. The molecule has 0 heterocycles. The number of carbonyl (C=O) groups excluding carboxylic acids is 1.